The second-order valence-electron chi connectivity index (χ2n) is 7.73. The molecule has 2 aliphatic heterocycles. The second kappa shape index (κ2) is 9.28. The fraction of sp³-hybridized carbons (Fsp3) is 0.545. The van der Waals surface area contributed by atoms with Crippen molar-refractivity contribution < 1.29 is 23.6 Å². The molecule has 160 valence electrons. The van der Waals surface area contributed by atoms with Gasteiger partial charge in [0, 0.05) is 43.8 Å². The minimum Gasteiger partial charge on any atom is -0.486 e. The highest BCUT2D eigenvalue weighted by molar-refractivity contribution is 5.98. The number of nitrogens with zero attached hydrogens (tertiary/aromatic N) is 3. The van der Waals surface area contributed by atoms with E-state index in [9.17, 15) is 9.59 Å². The van der Waals surface area contributed by atoms with Crippen LogP contribution in [0.15, 0.2) is 22.7 Å². The van der Waals surface area contributed by atoms with Crippen molar-refractivity contribution in [1.82, 2.24) is 15.0 Å². The van der Waals surface area contributed by atoms with E-state index in [2.05, 4.69) is 17.1 Å². The average Bonchev–Trinajstić information content (AvgIpc) is 3.24. The number of benzene rings is 1. The van der Waals surface area contributed by atoms with Crippen LogP contribution >= 0.6 is 0 Å². The van der Waals surface area contributed by atoms with Gasteiger partial charge in [0.2, 0.25) is 11.8 Å². The van der Waals surface area contributed by atoms with Gasteiger partial charge in [-0.2, -0.15) is 4.98 Å². The monoisotopic (exact) mass is 413 g/mol. The molecule has 30 heavy (non-hydrogen) atoms. The van der Waals surface area contributed by atoms with E-state index in [1.54, 1.807) is 18.2 Å². The number of piperidine rings is 1. The van der Waals surface area contributed by atoms with Gasteiger partial charge in [0.1, 0.15) is 13.2 Å². The Morgan fingerprint density at radius 2 is 1.87 bits per heavy atom. The first-order valence-electron chi connectivity index (χ1n) is 10.7. The van der Waals surface area contributed by atoms with Crippen molar-refractivity contribution in [3.63, 3.8) is 0 Å². The standard InChI is InChI=1S/C22H27N3O5/c1-2-3-19-23-20(30-24-19)6-7-21(26)25-10-8-15(9-11-25)22(27)16-4-5-17-18(14-16)29-13-12-28-17/h4-5,14-15H,2-3,6-13H2,1H3. The summed E-state index contributed by atoms with van der Waals surface area (Å²) in [4.78, 5) is 31.6. The zero-order chi connectivity index (χ0) is 20.9. The van der Waals surface area contributed by atoms with E-state index in [0.29, 0.717) is 80.8 Å². The summed E-state index contributed by atoms with van der Waals surface area (Å²) in [5, 5.41) is 3.92. The number of aryl methyl sites for hydroxylation is 2. The molecule has 0 unspecified atom stereocenters. The highest BCUT2D eigenvalue weighted by Gasteiger charge is 2.28. The van der Waals surface area contributed by atoms with Gasteiger partial charge in [-0.3, -0.25) is 9.59 Å². The molecule has 2 aliphatic rings. The SMILES string of the molecule is CCCc1noc(CCC(=O)N2CCC(C(=O)c3ccc4c(c3)OCCO4)CC2)n1. The molecular weight excluding hydrogens is 386 g/mol. The lowest BCUT2D eigenvalue weighted by molar-refractivity contribution is -0.132. The molecule has 8 heteroatoms. The predicted octanol–water partition coefficient (Wildman–Crippen LogP) is 2.85. The van der Waals surface area contributed by atoms with E-state index in [1.807, 2.05) is 4.90 Å². The number of carbonyl (C=O) groups is 2. The molecule has 0 radical (unpaired) electrons. The van der Waals surface area contributed by atoms with E-state index in [4.69, 9.17) is 14.0 Å². The van der Waals surface area contributed by atoms with Crippen LogP contribution in [-0.4, -0.2) is 53.0 Å². The molecule has 0 spiro atoms. The number of aromatic nitrogens is 2. The molecule has 1 saturated heterocycles. The van der Waals surface area contributed by atoms with Gasteiger partial charge in [0.25, 0.3) is 0 Å². The van der Waals surface area contributed by atoms with Crippen molar-refractivity contribution in [3.05, 3.63) is 35.5 Å². The Kier molecular flexibility index (Phi) is 6.30. The van der Waals surface area contributed by atoms with Crippen LogP contribution in [0.3, 0.4) is 0 Å². The van der Waals surface area contributed by atoms with Crippen LogP contribution in [0.5, 0.6) is 11.5 Å². The van der Waals surface area contributed by atoms with E-state index in [1.165, 1.54) is 0 Å². The van der Waals surface area contributed by atoms with Crippen LogP contribution in [0.4, 0.5) is 0 Å². The van der Waals surface area contributed by atoms with Crippen LogP contribution in [0.1, 0.15) is 54.7 Å². The lowest BCUT2D eigenvalue weighted by atomic mass is 9.88. The number of Topliss-reactive ketones (excluding diaryl/α,β-unsaturated/α-hetero) is 1. The maximum atomic E-state index is 12.9. The smallest absolute Gasteiger partial charge is 0.227 e. The quantitative estimate of drug-likeness (QED) is 0.644. The molecule has 1 amide bonds. The molecule has 0 atom stereocenters. The summed E-state index contributed by atoms with van der Waals surface area (Å²) < 4.78 is 16.3. The molecule has 0 bridgehead atoms. The van der Waals surface area contributed by atoms with Crippen molar-refractivity contribution in [1.29, 1.82) is 0 Å². The number of hydrogen-bond donors (Lipinski definition) is 0. The lowest BCUT2D eigenvalue weighted by Crippen LogP contribution is -2.40. The Morgan fingerprint density at radius 1 is 1.10 bits per heavy atom. The van der Waals surface area contributed by atoms with Crippen molar-refractivity contribution in [2.45, 2.75) is 45.4 Å². The molecule has 1 aromatic heterocycles. The number of rotatable bonds is 7. The molecule has 1 fully saturated rings. The van der Waals surface area contributed by atoms with Crippen molar-refractivity contribution in [2.75, 3.05) is 26.3 Å². The van der Waals surface area contributed by atoms with E-state index in [-0.39, 0.29) is 17.6 Å². The van der Waals surface area contributed by atoms with Gasteiger partial charge in [-0.15, -0.1) is 0 Å². The maximum absolute atomic E-state index is 12.9. The average molecular weight is 413 g/mol. The van der Waals surface area contributed by atoms with Gasteiger partial charge in [0.15, 0.2) is 23.1 Å². The number of likely N-dealkylation sites (tertiary alicyclic amines) is 1. The van der Waals surface area contributed by atoms with Crippen LogP contribution in [0, 0.1) is 5.92 Å². The normalized spacial score (nSPS) is 16.5. The summed E-state index contributed by atoms with van der Waals surface area (Å²) in [6.07, 6.45) is 3.86. The molecule has 0 saturated carbocycles. The third-order valence-corrected chi connectivity index (χ3v) is 5.58. The first kappa shape index (κ1) is 20.4. The van der Waals surface area contributed by atoms with Crippen LogP contribution in [-0.2, 0) is 17.6 Å². The fourth-order valence-electron chi connectivity index (χ4n) is 3.91. The van der Waals surface area contributed by atoms with Gasteiger partial charge >= 0.3 is 0 Å². The van der Waals surface area contributed by atoms with Gasteiger partial charge in [-0.25, -0.2) is 0 Å². The van der Waals surface area contributed by atoms with Crippen LogP contribution < -0.4 is 9.47 Å². The number of ketones is 1. The summed E-state index contributed by atoms with van der Waals surface area (Å²) in [6.45, 7) is 4.25. The van der Waals surface area contributed by atoms with Gasteiger partial charge in [-0.1, -0.05) is 12.1 Å². The third kappa shape index (κ3) is 4.63. The number of amides is 1. The molecule has 4 rings (SSSR count). The number of ether oxygens (including phenoxy) is 2. The predicted molar refractivity (Wildman–Crippen MR) is 108 cm³/mol. The highest BCUT2D eigenvalue weighted by atomic mass is 16.6. The molecule has 3 heterocycles. The van der Waals surface area contributed by atoms with E-state index < -0.39 is 0 Å². The Hall–Kier alpha value is -2.90. The zero-order valence-corrected chi connectivity index (χ0v) is 17.3. The minimum atomic E-state index is -0.0795. The molecule has 8 nitrogen and oxygen atoms in total. The molecular formula is C22H27N3O5. The number of fused-ring (bicyclic) bond motifs is 1. The first-order chi connectivity index (χ1) is 14.6. The Balaban J connectivity index is 1.26. The second-order valence-corrected chi connectivity index (χ2v) is 7.73. The Bertz CT molecular complexity index is 902. The van der Waals surface area contributed by atoms with E-state index in [0.717, 1.165) is 12.8 Å². The summed E-state index contributed by atoms with van der Waals surface area (Å²) in [5.41, 5.74) is 0.642. The lowest BCUT2D eigenvalue weighted by Gasteiger charge is -2.31. The first-order valence-corrected chi connectivity index (χ1v) is 10.7. The molecule has 0 aliphatic carbocycles. The van der Waals surface area contributed by atoms with Crippen molar-refractivity contribution in [2.24, 2.45) is 5.92 Å². The third-order valence-electron chi connectivity index (χ3n) is 5.58. The van der Waals surface area contributed by atoms with Crippen LogP contribution in [0.25, 0.3) is 0 Å². The zero-order valence-electron chi connectivity index (χ0n) is 17.3. The molecule has 1 aromatic carbocycles. The molecule has 0 N–H and O–H groups in total. The minimum absolute atomic E-state index is 0.0653. The highest BCUT2D eigenvalue weighted by Crippen LogP contribution is 2.32. The van der Waals surface area contributed by atoms with E-state index >= 15 is 0 Å². The number of hydrogen-bond acceptors (Lipinski definition) is 7. The van der Waals surface area contributed by atoms with Gasteiger partial charge in [0.05, 0.1) is 0 Å². The van der Waals surface area contributed by atoms with Crippen molar-refractivity contribution >= 4 is 11.7 Å². The number of carbonyl (C=O) groups excluding carboxylic acids is 2. The summed E-state index contributed by atoms with van der Waals surface area (Å²) in [7, 11) is 0. The Labute approximate surface area is 175 Å². The largest absolute Gasteiger partial charge is 0.486 e. The summed E-state index contributed by atoms with van der Waals surface area (Å²) in [6, 6.07) is 5.36. The fourth-order valence-corrected chi connectivity index (χ4v) is 3.91. The summed E-state index contributed by atoms with van der Waals surface area (Å²) >= 11 is 0. The van der Waals surface area contributed by atoms with Gasteiger partial charge in [-0.05, 0) is 37.5 Å². The Morgan fingerprint density at radius 3 is 2.63 bits per heavy atom. The maximum Gasteiger partial charge on any atom is 0.227 e. The van der Waals surface area contributed by atoms with Crippen LogP contribution in [0.2, 0.25) is 0 Å². The topological polar surface area (TPSA) is 94.8 Å². The van der Waals surface area contributed by atoms with Crippen molar-refractivity contribution in [3.8, 4) is 11.5 Å². The summed E-state index contributed by atoms with van der Waals surface area (Å²) in [5.74, 6) is 2.60. The van der Waals surface area contributed by atoms with Gasteiger partial charge < -0.3 is 18.9 Å². The molecule has 2 aromatic rings.